The maximum Gasteiger partial charge on any atom is 0.354 e. The number of imidazole rings is 1. The highest BCUT2D eigenvalue weighted by molar-refractivity contribution is 5.85. The molecule has 3 N–H and O–H groups in total. The second kappa shape index (κ2) is 7.04. The molecular formula is C13H15N5O3. The molecular weight excluding hydrogens is 274 g/mol. The largest absolute Gasteiger partial charge is 0.477 e. The summed E-state index contributed by atoms with van der Waals surface area (Å²) < 4.78 is 1.86. The second-order valence-corrected chi connectivity index (χ2v) is 4.27. The van der Waals surface area contributed by atoms with E-state index in [1.807, 2.05) is 10.8 Å². The fourth-order valence-corrected chi connectivity index (χ4v) is 1.62. The molecule has 0 bridgehead atoms. The highest BCUT2D eigenvalue weighted by atomic mass is 16.4. The number of pyridine rings is 1. The predicted octanol–water partition coefficient (Wildman–Crippen LogP) is 0.476. The van der Waals surface area contributed by atoms with Crippen LogP contribution in [0.2, 0.25) is 0 Å². The fraction of sp³-hybridized carbons (Fsp3) is 0.231. The summed E-state index contributed by atoms with van der Waals surface area (Å²) in [6.07, 6.45) is 6.59. The molecule has 8 nitrogen and oxygen atoms in total. The molecule has 8 heteroatoms. The van der Waals surface area contributed by atoms with Crippen molar-refractivity contribution in [1.29, 1.82) is 0 Å². The Bertz CT molecular complexity index is 595. The number of carbonyl (C=O) groups is 2. The number of carboxylic acids is 1. The minimum absolute atomic E-state index is 0.0245. The van der Waals surface area contributed by atoms with Gasteiger partial charge in [0, 0.05) is 38.2 Å². The van der Waals surface area contributed by atoms with E-state index >= 15 is 0 Å². The third-order valence-corrected chi connectivity index (χ3v) is 2.71. The number of rotatable bonds is 6. The second-order valence-electron chi connectivity index (χ2n) is 4.27. The van der Waals surface area contributed by atoms with Gasteiger partial charge in [-0.25, -0.2) is 19.6 Å². The number of nitrogens with zero attached hydrogens (tertiary/aromatic N) is 3. The number of hydrogen-bond donors (Lipinski definition) is 3. The Morgan fingerprint density at radius 3 is 2.76 bits per heavy atom. The zero-order chi connectivity index (χ0) is 15.1. The van der Waals surface area contributed by atoms with Gasteiger partial charge < -0.3 is 20.3 Å². The SMILES string of the molecule is O=C(NCCn1ccnc1)NCc1ccc(C(=O)O)nc1. The maximum absolute atomic E-state index is 11.6. The Hall–Kier alpha value is -2.90. The molecule has 2 aromatic heterocycles. The summed E-state index contributed by atoms with van der Waals surface area (Å²) in [5.41, 5.74) is 0.702. The van der Waals surface area contributed by atoms with Gasteiger partial charge in [0.05, 0.1) is 6.33 Å². The van der Waals surface area contributed by atoms with Crippen molar-refractivity contribution in [2.75, 3.05) is 6.54 Å². The quantitative estimate of drug-likeness (QED) is 0.716. The zero-order valence-electron chi connectivity index (χ0n) is 11.2. The Morgan fingerprint density at radius 1 is 1.29 bits per heavy atom. The van der Waals surface area contributed by atoms with Crippen LogP contribution in [0.1, 0.15) is 16.1 Å². The Labute approximate surface area is 120 Å². The van der Waals surface area contributed by atoms with Crippen LogP contribution in [0.3, 0.4) is 0 Å². The van der Waals surface area contributed by atoms with Gasteiger partial charge in [-0.2, -0.15) is 0 Å². The number of aromatic carboxylic acids is 1. The first-order valence-corrected chi connectivity index (χ1v) is 6.31. The van der Waals surface area contributed by atoms with E-state index in [1.54, 1.807) is 18.6 Å². The number of carbonyl (C=O) groups excluding carboxylic acids is 1. The highest BCUT2D eigenvalue weighted by Crippen LogP contribution is 1.99. The Balaban J connectivity index is 1.69. The average Bonchev–Trinajstić information content (AvgIpc) is 2.99. The molecule has 0 fully saturated rings. The van der Waals surface area contributed by atoms with Crippen LogP contribution in [-0.4, -0.2) is 38.2 Å². The molecule has 2 aromatic rings. The minimum Gasteiger partial charge on any atom is -0.477 e. The number of carboxylic acid groups (broad SMARTS) is 1. The first-order valence-electron chi connectivity index (χ1n) is 6.31. The Kier molecular flexibility index (Phi) is 4.86. The van der Waals surface area contributed by atoms with Crippen LogP contribution in [0.5, 0.6) is 0 Å². The van der Waals surface area contributed by atoms with Crippen LogP contribution < -0.4 is 10.6 Å². The van der Waals surface area contributed by atoms with Crippen LogP contribution >= 0.6 is 0 Å². The van der Waals surface area contributed by atoms with E-state index in [1.165, 1.54) is 12.3 Å². The molecule has 0 spiro atoms. The lowest BCUT2D eigenvalue weighted by Crippen LogP contribution is -2.36. The molecule has 2 rings (SSSR count). The molecule has 2 heterocycles. The van der Waals surface area contributed by atoms with E-state index in [0.717, 1.165) is 5.56 Å². The molecule has 0 aliphatic rings. The van der Waals surface area contributed by atoms with Gasteiger partial charge in [0.2, 0.25) is 0 Å². The number of urea groups is 1. The zero-order valence-corrected chi connectivity index (χ0v) is 11.2. The normalized spacial score (nSPS) is 10.1. The van der Waals surface area contributed by atoms with E-state index in [0.29, 0.717) is 13.1 Å². The maximum atomic E-state index is 11.6. The predicted molar refractivity (Wildman–Crippen MR) is 73.7 cm³/mol. The van der Waals surface area contributed by atoms with Gasteiger partial charge in [-0.3, -0.25) is 0 Å². The summed E-state index contributed by atoms with van der Waals surface area (Å²) in [6.45, 7) is 1.41. The lowest BCUT2D eigenvalue weighted by atomic mass is 10.2. The van der Waals surface area contributed by atoms with Gasteiger partial charge in [0.1, 0.15) is 5.69 Å². The van der Waals surface area contributed by atoms with Crippen LogP contribution in [-0.2, 0) is 13.1 Å². The van der Waals surface area contributed by atoms with Gasteiger partial charge in [0.25, 0.3) is 0 Å². The van der Waals surface area contributed by atoms with Crippen molar-refractivity contribution < 1.29 is 14.7 Å². The van der Waals surface area contributed by atoms with E-state index in [4.69, 9.17) is 5.11 Å². The van der Waals surface area contributed by atoms with Gasteiger partial charge in [0.15, 0.2) is 0 Å². The molecule has 21 heavy (non-hydrogen) atoms. The summed E-state index contributed by atoms with van der Waals surface area (Å²) in [5.74, 6) is -1.08. The van der Waals surface area contributed by atoms with E-state index in [9.17, 15) is 9.59 Å². The molecule has 0 saturated heterocycles. The van der Waals surface area contributed by atoms with Crippen molar-refractivity contribution in [3.8, 4) is 0 Å². The fourth-order valence-electron chi connectivity index (χ4n) is 1.62. The number of amides is 2. The molecule has 2 amide bonds. The molecule has 0 unspecified atom stereocenters. The summed E-state index contributed by atoms with van der Waals surface area (Å²) >= 11 is 0. The topological polar surface area (TPSA) is 109 Å². The summed E-state index contributed by atoms with van der Waals surface area (Å²) in [5, 5.41) is 14.1. The molecule has 110 valence electrons. The van der Waals surface area contributed by atoms with Crippen molar-refractivity contribution >= 4 is 12.0 Å². The van der Waals surface area contributed by atoms with Gasteiger partial charge in [-0.15, -0.1) is 0 Å². The highest BCUT2D eigenvalue weighted by Gasteiger charge is 2.04. The molecule has 0 aliphatic heterocycles. The van der Waals surface area contributed by atoms with Crippen molar-refractivity contribution in [2.24, 2.45) is 0 Å². The lowest BCUT2D eigenvalue weighted by molar-refractivity contribution is 0.0690. The molecule has 0 atom stereocenters. The van der Waals surface area contributed by atoms with Crippen molar-refractivity contribution in [3.63, 3.8) is 0 Å². The number of aromatic nitrogens is 3. The van der Waals surface area contributed by atoms with Crippen molar-refractivity contribution in [3.05, 3.63) is 48.3 Å². The molecule has 0 aliphatic carbocycles. The van der Waals surface area contributed by atoms with Crippen LogP contribution in [0.15, 0.2) is 37.1 Å². The minimum atomic E-state index is -1.08. The van der Waals surface area contributed by atoms with Crippen molar-refractivity contribution in [2.45, 2.75) is 13.1 Å². The van der Waals surface area contributed by atoms with Crippen LogP contribution in [0, 0.1) is 0 Å². The molecule has 0 saturated carbocycles. The molecule has 0 aromatic carbocycles. The number of hydrogen-bond acceptors (Lipinski definition) is 4. The van der Waals surface area contributed by atoms with Crippen LogP contribution in [0.4, 0.5) is 4.79 Å². The van der Waals surface area contributed by atoms with Crippen LogP contribution in [0.25, 0.3) is 0 Å². The first kappa shape index (κ1) is 14.5. The summed E-state index contributed by atoms with van der Waals surface area (Å²) in [6, 6.07) is 2.72. The average molecular weight is 289 g/mol. The van der Waals surface area contributed by atoms with Gasteiger partial charge in [-0.1, -0.05) is 6.07 Å². The van der Waals surface area contributed by atoms with Gasteiger partial charge >= 0.3 is 12.0 Å². The standard InChI is InChI=1S/C13H15N5O3/c19-12(20)11-2-1-10(7-16-11)8-17-13(21)15-4-6-18-5-3-14-9-18/h1-3,5,7,9H,4,6,8H2,(H,19,20)(H2,15,17,21). The van der Waals surface area contributed by atoms with Crippen molar-refractivity contribution in [1.82, 2.24) is 25.2 Å². The van der Waals surface area contributed by atoms with E-state index in [-0.39, 0.29) is 18.3 Å². The monoisotopic (exact) mass is 289 g/mol. The first-order chi connectivity index (χ1) is 10.1. The Morgan fingerprint density at radius 2 is 2.14 bits per heavy atom. The van der Waals surface area contributed by atoms with E-state index in [2.05, 4.69) is 20.6 Å². The molecule has 0 radical (unpaired) electrons. The lowest BCUT2D eigenvalue weighted by Gasteiger charge is -2.08. The van der Waals surface area contributed by atoms with Gasteiger partial charge in [-0.05, 0) is 11.6 Å². The number of nitrogens with one attached hydrogen (secondary N) is 2. The summed E-state index contributed by atoms with van der Waals surface area (Å²) in [4.78, 5) is 29.9. The van der Waals surface area contributed by atoms with E-state index < -0.39 is 5.97 Å². The third kappa shape index (κ3) is 4.60. The third-order valence-electron chi connectivity index (χ3n) is 2.71. The summed E-state index contributed by atoms with van der Waals surface area (Å²) in [7, 11) is 0. The smallest absolute Gasteiger partial charge is 0.354 e.